The first-order valence-electron chi connectivity index (χ1n) is 5.46. The SMILES string of the molecule is O=C(O)C(O)C(O)C(=O)O.O=C(O)C(O)c1ccccc1. The number of carbonyl (C=O) groups is 3. The minimum atomic E-state index is -2.27. The van der Waals surface area contributed by atoms with Gasteiger partial charge in [-0.3, -0.25) is 0 Å². The third kappa shape index (κ3) is 6.47. The summed E-state index contributed by atoms with van der Waals surface area (Å²) < 4.78 is 0. The maximum absolute atomic E-state index is 10.2. The zero-order valence-corrected chi connectivity index (χ0v) is 10.5. The Morgan fingerprint density at radius 1 is 0.714 bits per heavy atom. The van der Waals surface area contributed by atoms with Gasteiger partial charge in [0.2, 0.25) is 0 Å². The topological polar surface area (TPSA) is 173 Å². The average Bonchev–Trinajstić information content (AvgIpc) is 2.46. The van der Waals surface area contributed by atoms with Crippen LogP contribution in [0.3, 0.4) is 0 Å². The van der Waals surface area contributed by atoms with Gasteiger partial charge in [-0.1, -0.05) is 30.3 Å². The summed E-state index contributed by atoms with van der Waals surface area (Å²) in [6.45, 7) is 0. The number of rotatable bonds is 5. The quantitative estimate of drug-likeness (QED) is 0.385. The van der Waals surface area contributed by atoms with Crippen molar-refractivity contribution in [3.8, 4) is 0 Å². The van der Waals surface area contributed by atoms with Crippen LogP contribution in [0, 0.1) is 0 Å². The number of carboxylic acids is 3. The van der Waals surface area contributed by atoms with Gasteiger partial charge in [0.1, 0.15) is 0 Å². The second kappa shape index (κ2) is 8.64. The Morgan fingerprint density at radius 3 is 1.38 bits per heavy atom. The Morgan fingerprint density at radius 2 is 1.10 bits per heavy atom. The van der Waals surface area contributed by atoms with E-state index < -0.39 is 36.2 Å². The molecule has 0 saturated carbocycles. The molecule has 3 unspecified atom stereocenters. The lowest BCUT2D eigenvalue weighted by Gasteiger charge is -2.07. The van der Waals surface area contributed by atoms with Gasteiger partial charge in [0.05, 0.1) is 0 Å². The van der Waals surface area contributed by atoms with Crippen LogP contribution < -0.4 is 0 Å². The van der Waals surface area contributed by atoms with E-state index in [0.717, 1.165) is 0 Å². The normalized spacial score (nSPS) is 14.0. The number of aliphatic hydroxyl groups excluding tert-OH is 3. The van der Waals surface area contributed by atoms with E-state index in [1.165, 1.54) is 0 Å². The maximum atomic E-state index is 10.2. The van der Waals surface area contributed by atoms with E-state index in [4.69, 9.17) is 30.6 Å². The third-order valence-corrected chi connectivity index (χ3v) is 2.15. The third-order valence-electron chi connectivity index (χ3n) is 2.15. The van der Waals surface area contributed by atoms with Crippen molar-refractivity contribution in [3.05, 3.63) is 35.9 Å². The van der Waals surface area contributed by atoms with Crippen molar-refractivity contribution >= 4 is 17.9 Å². The van der Waals surface area contributed by atoms with Gasteiger partial charge in [-0.2, -0.15) is 0 Å². The first-order valence-corrected chi connectivity index (χ1v) is 5.46. The summed E-state index contributed by atoms with van der Waals surface area (Å²) in [6, 6.07) is 8.26. The van der Waals surface area contributed by atoms with Crippen molar-refractivity contribution < 1.29 is 45.0 Å². The molecule has 0 saturated heterocycles. The van der Waals surface area contributed by atoms with Gasteiger partial charge in [0.25, 0.3) is 0 Å². The van der Waals surface area contributed by atoms with Crippen LogP contribution in [-0.4, -0.2) is 60.8 Å². The van der Waals surface area contributed by atoms with Crippen molar-refractivity contribution in [3.63, 3.8) is 0 Å². The number of hydrogen-bond acceptors (Lipinski definition) is 6. The molecule has 0 fully saturated rings. The number of benzene rings is 1. The molecule has 0 aliphatic rings. The second-order valence-corrected chi connectivity index (χ2v) is 3.72. The molecular formula is C12H14O9. The molecule has 1 rings (SSSR count). The zero-order chi connectivity index (χ0) is 16.6. The Balaban J connectivity index is 0.000000384. The summed E-state index contributed by atoms with van der Waals surface area (Å²) in [4.78, 5) is 29.8. The smallest absolute Gasteiger partial charge is 0.337 e. The van der Waals surface area contributed by atoms with E-state index in [1.807, 2.05) is 0 Å². The first-order chi connectivity index (χ1) is 9.68. The maximum Gasteiger partial charge on any atom is 0.337 e. The Bertz CT molecular complexity index is 467. The molecule has 0 radical (unpaired) electrons. The molecular weight excluding hydrogens is 288 g/mol. The highest BCUT2D eigenvalue weighted by atomic mass is 16.4. The van der Waals surface area contributed by atoms with Gasteiger partial charge in [0.15, 0.2) is 18.3 Å². The highest BCUT2D eigenvalue weighted by Crippen LogP contribution is 2.10. The number of hydrogen-bond donors (Lipinski definition) is 6. The summed E-state index contributed by atoms with van der Waals surface area (Å²) >= 11 is 0. The van der Waals surface area contributed by atoms with Gasteiger partial charge in [-0.05, 0) is 5.56 Å². The fraction of sp³-hybridized carbons (Fsp3) is 0.250. The van der Waals surface area contributed by atoms with Gasteiger partial charge in [-0.25, -0.2) is 14.4 Å². The van der Waals surface area contributed by atoms with Crippen LogP contribution in [0.25, 0.3) is 0 Å². The van der Waals surface area contributed by atoms with Crippen LogP contribution in [0.5, 0.6) is 0 Å². The van der Waals surface area contributed by atoms with E-state index in [9.17, 15) is 14.4 Å². The van der Waals surface area contributed by atoms with Gasteiger partial charge in [-0.15, -0.1) is 0 Å². The van der Waals surface area contributed by atoms with Crippen molar-refractivity contribution in [1.82, 2.24) is 0 Å². The van der Waals surface area contributed by atoms with Crippen LogP contribution in [0.15, 0.2) is 30.3 Å². The van der Waals surface area contributed by atoms with Crippen LogP contribution in [0.1, 0.15) is 11.7 Å². The molecule has 1 aromatic rings. The molecule has 0 aliphatic heterocycles. The van der Waals surface area contributed by atoms with Crippen LogP contribution in [-0.2, 0) is 14.4 Å². The molecule has 1 aromatic carbocycles. The van der Waals surface area contributed by atoms with E-state index >= 15 is 0 Å². The predicted molar refractivity (Wildman–Crippen MR) is 66.3 cm³/mol. The van der Waals surface area contributed by atoms with E-state index in [2.05, 4.69) is 0 Å². The Kier molecular flexibility index (Phi) is 7.61. The molecule has 0 amide bonds. The van der Waals surface area contributed by atoms with Gasteiger partial charge in [0, 0.05) is 0 Å². The summed E-state index contributed by atoms with van der Waals surface area (Å²) in [5, 5.41) is 49.9. The molecule has 9 nitrogen and oxygen atoms in total. The minimum absolute atomic E-state index is 0.403. The Hall–Kier alpha value is -2.49. The van der Waals surface area contributed by atoms with Crippen LogP contribution >= 0.6 is 0 Å². The number of aliphatic carboxylic acids is 3. The fourth-order valence-electron chi connectivity index (χ4n) is 1.05. The summed E-state index contributed by atoms with van der Waals surface area (Å²) in [5.74, 6) is -4.76. The molecule has 0 aliphatic carbocycles. The predicted octanol–water partition coefficient (Wildman–Crippen LogP) is -1.32. The van der Waals surface area contributed by atoms with E-state index in [-0.39, 0.29) is 0 Å². The van der Waals surface area contributed by atoms with E-state index in [1.54, 1.807) is 30.3 Å². The van der Waals surface area contributed by atoms with Crippen molar-refractivity contribution in [1.29, 1.82) is 0 Å². The summed E-state index contributed by atoms with van der Waals surface area (Å²) in [7, 11) is 0. The Labute approximate surface area is 118 Å². The zero-order valence-electron chi connectivity index (χ0n) is 10.5. The molecule has 3 atom stereocenters. The number of carboxylic acid groups (broad SMARTS) is 3. The average molecular weight is 302 g/mol. The molecule has 0 aromatic heterocycles. The summed E-state index contributed by atoms with van der Waals surface area (Å²) in [6.07, 6.45) is -5.94. The molecule has 6 N–H and O–H groups in total. The second-order valence-electron chi connectivity index (χ2n) is 3.72. The summed E-state index contributed by atoms with van der Waals surface area (Å²) in [5.41, 5.74) is 0.403. The van der Waals surface area contributed by atoms with Crippen LogP contribution in [0.2, 0.25) is 0 Å². The molecule has 0 heterocycles. The van der Waals surface area contributed by atoms with Gasteiger partial charge >= 0.3 is 17.9 Å². The highest BCUT2D eigenvalue weighted by molar-refractivity contribution is 5.83. The van der Waals surface area contributed by atoms with Crippen molar-refractivity contribution in [2.75, 3.05) is 0 Å². The fourth-order valence-corrected chi connectivity index (χ4v) is 1.05. The lowest BCUT2D eigenvalue weighted by atomic mass is 10.1. The highest BCUT2D eigenvalue weighted by Gasteiger charge is 2.29. The lowest BCUT2D eigenvalue weighted by Crippen LogP contribution is -2.39. The van der Waals surface area contributed by atoms with Crippen LogP contribution in [0.4, 0.5) is 0 Å². The molecule has 9 heteroatoms. The largest absolute Gasteiger partial charge is 0.479 e. The lowest BCUT2D eigenvalue weighted by molar-refractivity contribution is -0.165. The van der Waals surface area contributed by atoms with Crippen molar-refractivity contribution in [2.24, 2.45) is 0 Å². The van der Waals surface area contributed by atoms with Gasteiger partial charge < -0.3 is 30.6 Å². The number of aliphatic hydroxyl groups is 3. The minimum Gasteiger partial charge on any atom is -0.479 e. The molecule has 0 bridgehead atoms. The first kappa shape index (κ1) is 18.5. The monoisotopic (exact) mass is 302 g/mol. The molecule has 116 valence electrons. The van der Waals surface area contributed by atoms with E-state index in [0.29, 0.717) is 5.56 Å². The molecule has 21 heavy (non-hydrogen) atoms. The molecule has 0 spiro atoms. The van der Waals surface area contributed by atoms with Crippen molar-refractivity contribution in [2.45, 2.75) is 18.3 Å². The standard InChI is InChI=1S/C8H8O3.C4H6O6/c9-7(8(10)11)6-4-2-1-3-5-6;5-1(3(7)8)2(6)4(9)10/h1-5,7,9H,(H,10,11);1-2,5-6H,(H,7,8)(H,9,10).